The van der Waals surface area contributed by atoms with Crippen LogP contribution in [-0.2, 0) is 24.1 Å². The van der Waals surface area contributed by atoms with E-state index in [9.17, 15) is 27.6 Å². The van der Waals surface area contributed by atoms with Gasteiger partial charge in [0.25, 0.3) is 11.5 Å². The van der Waals surface area contributed by atoms with Crippen molar-refractivity contribution in [1.82, 2.24) is 15.2 Å². The van der Waals surface area contributed by atoms with Gasteiger partial charge in [0, 0.05) is 41.7 Å². The van der Waals surface area contributed by atoms with Crippen LogP contribution in [0, 0.1) is 0 Å². The minimum atomic E-state index is -4.85. The summed E-state index contributed by atoms with van der Waals surface area (Å²) in [5, 5.41) is 3.29. The van der Waals surface area contributed by atoms with Crippen molar-refractivity contribution in [3.8, 4) is 0 Å². The number of nitrogens with one attached hydrogen (secondary N) is 2. The minimum absolute atomic E-state index is 0.109. The summed E-state index contributed by atoms with van der Waals surface area (Å²) in [5.74, 6) is -0.745. The van der Waals surface area contributed by atoms with Gasteiger partial charge in [0.1, 0.15) is 11.3 Å². The molecule has 0 atom stereocenters. The molecule has 0 radical (unpaired) electrons. The van der Waals surface area contributed by atoms with E-state index in [1.54, 1.807) is 36.3 Å². The highest BCUT2D eigenvalue weighted by molar-refractivity contribution is 7.99. The van der Waals surface area contributed by atoms with Gasteiger partial charge in [-0.15, -0.1) is 0 Å². The van der Waals surface area contributed by atoms with Gasteiger partial charge in [0.05, 0.1) is 10.0 Å². The van der Waals surface area contributed by atoms with Gasteiger partial charge in [-0.05, 0) is 48.5 Å². The van der Waals surface area contributed by atoms with E-state index in [1.807, 2.05) is 0 Å². The number of anilines is 1. The number of carbonyl (C=O) groups excluding carboxylic acids is 2. The van der Waals surface area contributed by atoms with E-state index in [2.05, 4.69) is 5.32 Å². The van der Waals surface area contributed by atoms with E-state index in [4.69, 9.17) is 23.2 Å². The maximum atomic E-state index is 13.6. The van der Waals surface area contributed by atoms with Crippen LogP contribution in [0.3, 0.4) is 0 Å². The molecule has 0 saturated carbocycles. The molecule has 0 aliphatic carbocycles. The van der Waals surface area contributed by atoms with Gasteiger partial charge >= 0.3 is 6.18 Å². The molecule has 2 aromatic carbocycles. The Morgan fingerprint density at radius 1 is 1.16 bits per heavy atom. The molecule has 3 aromatic rings. The number of fused-ring (bicyclic) bond motifs is 1. The lowest BCUT2D eigenvalue weighted by molar-refractivity contribution is -0.141. The molecule has 1 aromatic heterocycles. The fourth-order valence-corrected chi connectivity index (χ4v) is 5.64. The van der Waals surface area contributed by atoms with Gasteiger partial charge in [-0.2, -0.15) is 13.2 Å². The zero-order valence-corrected chi connectivity index (χ0v) is 22.2. The fourth-order valence-electron chi connectivity index (χ4n) is 4.00. The number of rotatable bonds is 8. The first-order chi connectivity index (χ1) is 18.0. The lowest BCUT2D eigenvalue weighted by atomic mass is 10.1. The molecule has 13 heteroatoms. The molecule has 1 aliphatic rings. The summed E-state index contributed by atoms with van der Waals surface area (Å²) in [5.41, 5.74) is -0.719. The summed E-state index contributed by atoms with van der Waals surface area (Å²) in [7, 11) is 1.77. The number of carbonyl (C=O) groups is 2. The predicted molar refractivity (Wildman–Crippen MR) is 140 cm³/mol. The number of alkyl halides is 3. The Kier molecular flexibility index (Phi) is 8.41. The first-order valence-corrected chi connectivity index (χ1v) is 12.8. The van der Waals surface area contributed by atoms with E-state index in [0.717, 1.165) is 11.1 Å². The third-order valence-corrected chi connectivity index (χ3v) is 7.95. The van der Waals surface area contributed by atoms with Crippen LogP contribution in [0.2, 0.25) is 10.0 Å². The van der Waals surface area contributed by atoms with Gasteiger partial charge in [-0.25, -0.2) is 0 Å². The minimum Gasteiger partial charge on any atom is -0.330 e. The normalized spacial score (nSPS) is 12.9. The summed E-state index contributed by atoms with van der Waals surface area (Å²) in [6, 6.07) is 10.6. The maximum absolute atomic E-state index is 13.6. The van der Waals surface area contributed by atoms with Gasteiger partial charge in [0.2, 0.25) is 6.41 Å². The third kappa shape index (κ3) is 5.85. The van der Waals surface area contributed by atoms with Crippen LogP contribution in [0.4, 0.5) is 18.9 Å². The first kappa shape index (κ1) is 28.0. The molecule has 200 valence electrons. The number of H-pyrrole nitrogens is 1. The Morgan fingerprint density at radius 2 is 1.84 bits per heavy atom. The number of aromatic amines is 1. The van der Waals surface area contributed by atoms with E-state index < -0.39 is 28.9 Å². The van der Waals surface area contributed by atoms with Crippen molar-refractivity contribution in [2.24, 2.45) is 0 Å². The Balaban J connectivity index is 1.69. The van der Waals surface area contributed by atoms with Gasteiger partial charge in [-0.3, -0.25) is 14.4 Å². The van der Waals surface area contributed by atoms with Crippen LogP contribution in [-0.4, -0.2) is 42.3 Å². The van der Waals surface area contributed by atoms with Crippen LogP contribution in [0.5, 0.6) is 0 Å². The fraction of sp³-hybridized carbons (Fsp3) is 0.240. The molecule has 1 aliphatic heterocycles. The maximum Gasteiger partial charge on any atom is 0.431 e. The summed E-state index contributed by atoms with van der Waals surface area (Å²) in [6.45, 7) is 1.27. The average Bonchev–Trinajstić information content (AvgIpc) is 3.29. The number of benzene rings is 2. The van der Waals surface area contributed by atoms with E-state index >= 15 is 0 Å². The second-order valence-corrected chi connectivity index (χ2v) is 10.3. The lowest BCUT2D eigenvalue weighted by Gasteiger charge is -2.19. The van der Waals surface area contributed by atoms with Crippen molar-refractivity contribution >= 4 is 53.0 Å². The molecular formula is C25H21Cl2F3N4O3S. The summed E-state index contributed by atoms with van der Waals surface area (Å²) >= 11 is 13.1. The number of aromatic nitrogens is 1. The molecule has 0 spiro atoms. The molecular weight excluding hydrogens is 564 g/mol. The molecule has 0 saturated heterocycles. The summed E-state index contributed by atoms with van der Waals surface area (Å²) in [6.07, 6.45) is -4.14. The van der Waals surface area contributed by atoms with E-state index in [-0.39, 0.29) is 32.9 Å². The van der Waals surface area contributed by atoms with Crippen LogP contribution in [0.25, 0.3) is 0 Å². The SMILES string of the molecule is CNCCN(C=O)c1ccc2c(c1)CN(C(=O)c1c(Sc3c(Cl)cccc3Cl)cc(C(F)(F)F)[nH]c1=O)C2. The molecule has 0 fully saturated rings. The predicted octanol–water partition coefficient (Wildman–Crippen LogP) is 5.19. The van der Waals surface area contributed by atoms with E-state index in [0.29, 0.717) is 43.0 Å². The van der Waals surface area contributed by atoms with Gasteiger partial charge < -0.3 is 20.1 Å². The van der Waals surface area contributed by atoms with Crippen molar-refractivity contribution in [3.63, 3.8) is 0 Å². The number of pyridine rings is 1. The molecule has 2 N–H and O–H groups in total. The first-order valence-electron chi connectivity index (χ1n) is 11.3. The van der Waals surface area contributed by atoms with Crippen molar-refractivity contribution in [3.05, 3.63) is 85.2 Å². The van der Waals surface area contributed by atoms with Crippen molar-refractivity contribution < 1.29 is 22.8 Å². The van der Waals surface area contributed by atoms with Crippen molar-refractivity contribution in [2.45, 2.75) is 29.1 Å². The summed E-state index contributed by atoms with van der Waals surface area (Å²) in [4.78, 5) is 42.6. The molecule has 2 amide bonds. The number of likely N-dealkylation sites (N-methyl/N-ethyl adjacent to an activating group) is 1. The Morgan fingerprint density at radius 3 is 2.47 bits per heavy atom. The number of nitrogens with zero attached hydrogens (tertiary/aromatic N) is 2. The van der Waals surface area contributed by atoms with Crippen LogP contribution in [0.1, 0.15) is 27.2 Å². The highest BCUT2D eigenvalue weighted by Gasteiger charge is 2.36. The molecule has 38 heavy (non-hydrogen) atoms. The lowest BCUT2D eigenvalue weighted by Crippen LogP contribution is -2.32. The number of amides is 2. The average molecular weight is 585 g/mol. The quantitative estimate of drug-likeness (QED) is 0.356. The van der Waals surface area contributed by atoms with E-state index in [1.165, 1.54) is 21.9 Å². The largest absolute Gasteiger partial charge is 0.431 e. The highest BCUT2D eigenvalue weighted by atomic mass is 35.5. The van der Waals surface area contributed by atoms with Crippen molar-refractivity contribution in [1.29, 1.82) is 0 Å². The molecule has 0 bridgehead atoms. The molecule has 0 unspecified atom stereocenters. The molecule has 7 nitrogen and oxygen atoms in total. The number of hydrogen-bond acceptors (Lipinski definition) is 5. The van der Waals surface area contributed by atoms with Gasteiger partial charge in [-0.1, -0.05) is 47.1 Å². The van der Waals surface area contributed by atoms with Gasteiger partial charge in [0.15, 0.2) is 0 Å². The van der Waals surface area contributed by atoms with Crippen LogP contribution >= 0.6 is 35.0 Å². The zero-order chi connectivity index (χ0) is 27.6. The third-order valence-electron chi connectivity index (χ3n) is 5.91. The molecule has 4 rings (SSSR count). The standard InChI is InChI=1S/C25H21Cl2F3N4O3S/c1-31-7-8-33(13-35)16-6-5-14-11-34(12-15(14)9-16)24(37)21-19(10-20(25(28,29)30)32-23(21)36)38-22-17(26)3-2-4-18(22)27/h2-6,9-10,13,31H,7-8,11-12H2,1H3,(H,32,36). The zero-order valence-electron chi connectivity index (χ0n) is 19.9. The Hall–Kier alpha value is -2.99. The molecule has 2 heterocycles. The summed E-state index contributed by atoms with van der Waals surface area (Å²) < 4.78 is 40.5. The number of hydrogen-bond donors (Lipinski definition) is 2. The van der Waals surface area contributed by atoms with Crippen LogP contribution < -0.4 is 15.8 Å². The second kappa shape index (κ2) is 11.4. The smallest absolute Gasteiger partial charge is 0.330 e. The topological polar surface area (TPSA) is 85.5 Å². The van der Waals surface area contributed by atoms with Crippen molar-refractivity contribution in [2.75, 3.05) is 25.0 Å². The Bertz CT molecular complexity index is 1430. The van der Waals surface area contributed by atoms with Crippen LogP contribution in [0.15, 0.2) is 57.1 Å². The monoisotopic (exact) mass is 584 g/mol. The Labute approximate surface area is 229 Å². The number of halogens is 5. The highest BCUT2D eigenvalue weighted by Crippen LogP contribution is 2.41. The second-order valence-electron chi connectivity index (χ2n) is 8.42.